The zero-order valence-electron chi connectivity index (χ0n) is 11.1. The maximum absolute atomic E-state index is 13.5. The number of carbonyl (C=O) groups is 1. The molecule has 0 N–H and O–H groups in total. The predicted octanol–water partition coefficient (Wildman–Crippen LogP) is 4.74. The zero-order chi connectivity index (χ0) is 14.2. The van der Waals surface area contributed by atoms with Gasteiger partial charge in [-0.3, -0.25) is 4.79 Å². The van der Waals surface area contributed by atoms with Gasteiger partial charge in [-0.05, 0) is 60.0 Å². The number of hydrogen-bond donors (Lipinski definition) is 0. The van der Waals surface area contributed by atoms with Gasteiger partial charge in [0, 0.05) is 11.1 Å². The summed E-state index contributed by atoms with van der Waals surface area (Å²) in [5.74, 6) is -0.574. The van der Waals surface area contributed by atoms with E-state index in [1.54, 1.807) is 12.1 Å². The summed E-state index contributed by atoms with van der Waals surface area (Å²) in [6.07, 6.45) is 0. The van der Waals surface area contributed by atoms with Gasteiger partial charge in [0.2, 0.25) is 0 Å². The molecule has 0 atom stereocenters. The number of halogens is 2. The molecule has 2 aromatic carbocycles. The van der Waals surface area contributed by atoms with Crippen LogP contribution in [0.5, 0.6) is 0 Å². The van der Waals surface area contributed by atoms with E-state index in [4.69, 9.17) is 0 Å². The lowest BCUT2D eigenvalue weighted by Gasteiger charge is -2.11. The number of rotatable bonds is 2. The van der Waals surface area contributed by atoms with Crippen LogP contribution in [0.2, 0.25) is 0 Å². The average molecular weight is 321 g/mol. The first-order chi connectivity index (χ1) is 8.91. The van der Waals surface area contributed by atoms with Crippen LogP contribution in [-0.4, -0.2) is 5.78 Å². The summed E-state index contributed by atoms with van der Waals surface area (Å²) >= 11 is 3.15. The Morgan fingerprint density at radius 2 is 1.68 bits per heavy atom. The van der Waals surface area contributed by atoms with Crippen molar-refractivity contribution in [1.29, 1.82) is 0 Å². The summed E-state index contributed by atoms with van der Waals surface area (Å²) in [4.78, 5) is 12.6. The van der Waals surface area contributed by atoms with Crippen molar-refractivity contribution in [1.82, 2.24) is 0 Å². The minimum absolute atomic E-state index is 0.152. The Morgan fingerprint density at radius 1 is 1.11 bits per heavy atom. The second-order valence-corrected chi connectivity index (χ2v) is 5.50. The molecule has 0 aliphatic rings. The molecular formula is C16H14BrFO. The highest BCUT2D eigenvalue weighted by Crippen LogP contribution is 2.26. The van der Waals surface area contributed by atoms with Crippen molar-refractivity contribution in [2.24, 2.45) is 0 Å². The van der Waals surface area contributed by atoms with E-state index in [9.17, 15) is 9.18 Å². The molecule has 98 valence electrons. The van der Waals surface area contributed by atoms with Crippen molar-refractivity contribution in [3.8, 4) is 0 Å². The number of ketones is 1. The molecule has 0 unspecified atom stereocenters. The Kier molecular flexibility index (Phi) is 3.85. The third kappa shape index (κ3) is 2.61. The smallest absolute Gasteiger partial charge is 0.194 e. The Bertz CT molecular complexity index is 639. The van der Waals surface area contributed by atoms with Crippen LogP contribution >= 0.6 is 15.9 Å². The molecule has 2 aromatic rings. The van der Waals surface area contributed by atoms with Crippen molar-refractivity contribution in [3.63, 3.8) is 0 Å². The molecule has 0 saturated heterocycles. The van der Waals surface area contributed by atoms with Crippen LogP contribution in [0, 0.1) is 26.6 Å². The van der Waals surface area contributed by atoms with Crippen molar-refractivity contribution in [2.75, 3.05) is 0 Å². The van der Waals surface area contributed by atoms with E-state index in [0.29, 0.717) is 11.1 Å². The fraction of sp³-hybridized carbons (Fsp3) is 0.188. The van der Waals surface area contributed by atoms with Crippen molar-refractivity contribution < 1.29 is 9.18 Å². The highest BCUT2D eigenvalue weighted by Gasteiger charge is 2.18. The molecule has 0 heterocycles. The second-order valence-electron chi connectivity index (χ2n) is 4.70. The predicted molar refractivity (Wildman–Crippen MR) is 78.2 cm³/mol. The third-order valence-corrected chi connectivity index (χ3v) is 3.91. The summed E-state index contributed by atoms with van der Waals surface area (Å²) in [6, 6.07) is 8.44. The summed E-state index contributed by atoms with van der Waals surface area (Å²) in [6.45, 7) is 5.80. The van der Waals surface area contributed by atoms with Gasteiger partial charge in [0.05, 0.1) is 4.47 Å². The van der Waals surface area contributed by atoms with Crippen LogP contribution in [-0.2, 0) is 0 Å². The molecule has 19 heavy (non-hydrogen) atoms. The van der Waals surface area contributed by atoms with Crippen LogP contribution in [0.25, 0.3) is 0 Å². The Morgan fingerprint density at radius 3 is 2.26 bits per heavy atom. The Balaban J connectivity index is 2.60. The minimum Gasteiger partial charge on any atom is -0.289 e. The molecule has 0 spiro atoms. The largest absolute Gasteiger partial charge is 0.289 e. The van der Waals surface area contributed by atoms with Gasteiger partial charge in [0.15, 0.2) is 5.78 Å². The molecule has 0 saturated carbocycles. The van der Waals surface area contributed by atoms with Crippen LogP contribution in [0.4, 0.5) is 4.39 Å². The normalized spacial score (nSPS) is 10.6. The first kappa shape index (κ1) is 13.9. The number of hydrogen-bond acceptors (Lipinski definition) is 1. The summed E-state index contributed by atoms with van der Waals surface area (Å²) in [7, 11) is 0. The topological polar surface area (TPSA) is 17.1 Å². The van der Waals surface area contributed by atoms with Crippen LogP contribution in [0.3, 0.4) is 0 Å². The van der Waals surface area contributed by atoms with E-state index >= 15 is 0 Å². The van der Waals surface area contributed by atoms with Gasteiger partial charge in [-0.25, -0.2) is 4.39 Å². The van der Waals surface area contributed by atoms with Gasteiger partial charge in [-0.15, -0.1) is 0 Å². The van der Waals surface area contributed by atoms with E-state index in [-0.39, 0.29) is 10.3 Å². The number of carbonyl (C=O) groups excluding carboxylic acids is 1. The van der Waals surface area contributed by atoms with Crippen LogP contribution in [0.1, 0.15) is 32.6 Å². The zero-order valence-corrected chi connectivity index (χ0v) is 12.6. The van der Waals surface area contributed by atoms with Crippen molar-refractivity contribution >= 4 is 21.7 Å². The third-order valence-electron chi connectivity index (χ3n) is 3.10. The molecule has 0 amide bonds. The lowest BCUT2D eigenvalue weighted by atomic mass is 9.93. The fourth-order valence-corrected chi connectivity index (χ4v) is 2.80. The molecule has 0 radical (unpaired) electrons. The molecular weight excluding hydrogens is 307 g/mol. The second kappa shape index (κ2) is 5.25. The van der Waals surface area contributed by atoms with Gasteiger partial charge >= 0.3 is 0 Å². The van der Waals surface area contributed by atoms with E-state index < -0.39 is 5.82 Å². The Labute approximate surface area is 120 Å². The highest BCUT2D eigenvalue weighted by atomic mass is 79.9. The molecule has 2 rings (SSSR count). The summed E-state index contributed by atoms with van der Waals surface area (Å²) in [5, 5.41) is 0. The molecule has 0 bridgehead atoms. The molecule has 0 aliphatic heterocycles. The highest BCUT2D eigenvalue weighted by molar-refractivity contribution is 9.10. The first-order valence-electron chi connectivity index (χ1n) is 5.98. The van der Waals surface area contributed by atoms with E-state index in [0.717, 1.165) is 16.7 Å². The van der Waals surface area contributed by atoms with Gasteiger partial charge < -0.3 is 0 Å². The van der Waals surface area contributed by atoms with Crippen molar-refractivity contribution in [3.05, 3.63) is 68.4 Å². The first-order valence-corrected chi connectivity index (χ1v) is 6.77. The van der Waals surface area contributed by atoms with E-state index in [1.807, 2.05) is 32.9 Å². The number of aryl methyl sites for hydroxylation is 3. The van der Waals surface area contributed by atoms with Gasteiger partial charge in [-0.2, -0.15) is 0 Å². The molecule has 0 aliphatic carbocycles. The van der Waals surface area contributed by atoms with E-state index in [2.05, 4.69) is 15.9 Å². The SMILES string of the molecule is Cc1cc(C)c(C(=O)c2cccc(F)c2Br)c(C)c1. The summed E-state index contributed by atoms with van der Waals surface area (Å²) in [5.41, 5.74) is 3.95. The molecule has 0 aromatic heterocycles. The lowest BCUT2D eigenvalue weighted by molar-refractivity contribution is 0.103. The van der Waals surface area contributed by atoms with Gasteiger partial charge in [0.1, 0.15) is 5.82 Å². The maximum Gasteiger partial charge on any atom is 0.194 e. The maximum atomic E-state index is 13.5. The number of benzene rings is 2. The molecule has 1 nitrogen and oxygen atoms in total. The Hall–Kier alpha value is -1.48. The van der Waals surface area contributed by atoms with Gasteiger partial charge in [0.25, 0.3) is 0 Å². The lowest BCUT2D eigenvalue weighted by Crippen LogP contribution is -2.08. The molecule has 0 fully saturated rings. The standard InChI is InChI=1S/C16H14BrFO/c1-9-7-10(2)14(11(3)8-9)16(19)12-5-4-6-13(18)15(12)17/h4-8H,1-3H3. The van der Waals surface area contributed by atoms with Crippen molar-refractivity contribution in [2.45, 2.75) is 20.8 Å². The fourth-order valence-electron chi connectivity index (χ4n) is 2.35. The average Bonchev–Trinajstić information content (AvgIpc) is 2.31. The minimum atomic E-state index is -0.423. The summed E-state index contributed by atoms with van der Waals surface area (Å²) < 4.78 is 13.7. The van der Waals surface area contributed by atoms with Gasteiger partial charge in [-0.1, -0.05) is 23.8 Å². The molecule has 3 heteroatoms. The monoisotopic (exact) mass is 320 g/mol. The van der Waals surface area contributed by atoms with Crippen LogP contribution in [0.15, 0.2) is 34.8 Å². The quantitative estimate of drug-likeness (QED) is 0.730. The van der Waals surface area contributed by atoms with Crippen LogP contribution < -0.4 is 0 Å². The van der Waals surface area contributed by atoms with E-state index in [1.165, 1.54) is 6.07 Å².